The molecule has 5 aliphatic rings. The first-order valence-corrected chi connectivity index (χ1v) is 13.1. The van der Waals surface area contributed by atoms with E-state index in [1.165, 1.54) is 70.6 Å². The van der Waals surface area contributed by atoms with Crippen LogP contribution in [0.2, 0.25) is 0 Å². The second kappa shape index (κ2) is 6.71. The molecule has 1 saturated heterocycles. The molecule has 166 valence electrons. The maximum atomic E-state index is 11.5. The molecule has 9 atom stereocenters. The predicted molar refractivity (Wildman–Crippen MR) is 119 cm³/mol. The Morgan fingerprint density at radius 2 is 1.76 bits per heavy atom. The van der Waals surface area contributed by atoms with E-state index in [1.54, 1.807) is 0 Å². The third-order valence-corrected chi connectivity index (χ3v) is 11.3. The van der Waals surface area contributed by atoms with E-state index >= 15 is 0 Å². The third-order valence-electron chi connectivity index (χ3n) is 11.3. The predicted octanol–water partition coefficient (Wildman–Crippen LogP) is 6.74. The lowest BCUT2D eigenvalue weighted by atomic mass is 9.44. The highest BCUT2D eigenvalue weighted by molar-refractivity contribution is 5.36. The van der Waals surface area contributed by atoms with Gasteiger partial charge in [-0.1, -0.05) is 66.7 Å². The number of fused-ring (bicyclic) bond motifs is 2. The molecule has 0 unspecified atom stereocenters. The molecule has 2 heteroatoms. The van der Waals surface area contributed by atoms with Crippen molar-refractivity contribution >= 4 is 0 Å². The van der Waals surface area contributed by atoms with Crippen molar-refractivity contribution in [3.8, 4) is 0 Å². The summed E-state index contributed by atoms with van der Waals surface area (Å²) in [5.74, 6) is 3.71. The molecular weight excluding hydrogens is 356 g/mol. The Kier molecular flexibility index (Phi) is 4.81. The van der Waals surface area contributed by atoms with Crippen LogP contribution in [0.1, 0.15) is 112 Å². The van der Waals surface area contributed by atoms with Crippen LogP contribution in [0.25, 0.3) is 0 Å². The molecular formula is C27H46O2. The van der Waals surface area contributed by atoms with Crippen molar-refractivity contribution in [3.05, 3.63) is 0 Å². The van der Waals surface area contributed by atoms with Gasteiger partial charge in [-0.15, -0.1) is 0 Å². The molecule has 29 heavy (non-hydrogen) atoms. The molecule has 0 aromatic carbocycles. The number of aliphatic hydroxyl groups excluding tert-OH is 1. The van der Waals surface area contributed by atoms with Gasteiger partial charge in [-0.25, -0.2) is 0 Å². The Morgan fingerprint density at radius 1 is 0.966 bits per heavy atom. The molecule has 5 fully saturated rings. The first kappa shape index (κ1) is 20.8. The topological polar surface area (TPSA) is 32.8 Å². The number of ether oxygens (including phenoxy) is 1. The lowest BCUT2D eigenvalue weighted by Crippen LogP contribution is -2.63. The van der Waals surface area contributed by atoms with Gasteiger partial charge in [-0.2, -0.15) is 0 Å². The Morgan fingerprint density at radius 3 is 2.52 bits per heavy atom. The Hall–Kier alpha value is -0.0800. The van der Waals surface area contributed by atoms with Crippen molar-refractivity contribution in [2.24, 2.45) is 40.4 Å². The third kappa shape index (κ3) is 2.54. The van der Waals surface area contributed by atoms with E-state index in [4.69, 9.17) is 4.74 Å². The number of epoxide rings is 1. The van der Waals surface area contributed by atoms with E-state index < -0.39 is 0 Å². The van der Waals surface area contributed by atoms with Crippen molar-refractivity contribution in [3.63, 3.8) is 0 Å². The van der Waals surface area contributed by atoms with Gasteiger partial charge in [0.15, 0.2) is 0 Å². The molecule has 0 spiro atoms. The van der Waals surface area contributed by atoms with Crippen molar-refractivity contribution in [2.75, 3.05) is 0 Å². The molecule has 5 rings (SSSR count). The summed E-state index contributed by atoms with van der Waals surface area (Å²) in [7, 11) is 0. The Balaban J connectivity index is 1.40. The number of rotatable bonds is 5. The molecule has 1 heterocycles. The van der Waals surface area contributed by atoms with E-state index in [0.717, 1.165) is 24.2 Å². The summed E-state index contributed by atoms with van der Waals surface area (Å²) in [6.07, 6.45) is 15.4. The van der Waals surface area contributed by atoms with E-state index in [9.17, 15) is 5.11 Å². The van der Waals surface area contributed by atoms with Gasteiger partial charge in [-0.3, -0.25) is 0 Å². The standard InChI is InChI=1S/C27H46O2/c1-18(2)9-8-10-19(3)21-12-13-22-24(21,4)15-16-26-25(5)14-7-6-11-20(25)17-23(28)27(22,26)29-26/h18-23,28H,6-17H2,1-5H3/t19-,20-,21-,22-,23-,24-,25+,26+,27-/m1/s1. The van der Waals surface area contributed by atoms with E-state index in [-0.39, 0.29) is 17.3 Å². The normalized spacial score (nSPS) is 54.3. The largest absolute Gasteiger partial charge is 0.390 e. The first-order chi connectivity index (χ1) is 13.7. The zero-order valence-electron chi connectivity index (χ0n) is 19.8. The molecule has 0 bridgehead atoms. The fraction of sp³-hybridized carbons (Fsp3) is 1.00. The quantitative estimate of drug-likeness (QED) is 0.516. The molecule has 1 N–H and O–H groups in total. The molecule has 0 aromatic heterocycles. The minimum atomic E-state index is -0.224. The van der Waals surface area contributed by atoms with Crippen molar-refractivity contribution in [1.29, 1.82) is 0 Å². The van der Waals surface area contributed by atoms with Gasteiger partial charge in [0.25, 0.3) is 0 Å². The maximum Gasteiger partial charge on any atom is 0.128 e. The lowest BCUT2D eigenvalue weighted by Gasteiger charge is -2.58. The molecule has 4 saturated carbocycles. The molecule has 4 aliphatic carbocycles. The zero-order valence-corrected chi connectivity index (χ0v) is 19.8. The van der Waals surface area contributed by atoms with Crippen LogP contribution in [0.4, 0.5) is 0 Å². The summed E-state index contributed by atoms with van der Waals surface area (Å²) in [4.78, 5) is 0. The second-order valence-corrected chi connectivity index (χ2v) is 12.9. The maximum absolute atomic E-state index is 11.5. The summed E-state index contributed by atoms with van der Waals surface area (Å²) >= 11 is 0. The number of hydrogen-bond donors (Lipinski definition) is 1. The highest BCUT2D eigenvalue weighted by Crippen LogP contribution is 2.81. The lowest BCUT2D eigenvalue weighted by molar-refractivity contribution is -0.101. The van der Waals surface area contributed by atoms with Crippen LogP contribution in [0.3, 0.4) is 0 Å². The Labute approximate surface area is 179 Å². The van der Waals surface area contributed by atoms with Crippen LogP contribution in [-0.2, 0) is 4.74 Å². The van der Waals surface area contributed by atoms with E-state index in [0.29, 0.717) is 22.7 Å². The summed E-state index contributed by atoms with van der Waals surface area (Å²) in [6, 6.07) is 0. The van der Waals surface area contributed by atoms with E-state index in [1.807, 2.05) is 0 Å². The van der Waals surface area contributed by atoms with Gasteiger partial charge in [0.2, 0.25) is 0 Å². The SMILES string of the molecule is CC(C)CCC[C@@H](C)[C@H]1CC[C@@H]2[C@]1(C)CC[C@@]13O[C@@]21[C@H](O)C[C@H]1CCCC[C@@]13C. The monoisotopic (exact) mass is 402 g/mol. The summed E-state index contributed by atoms with van der Waals surface area (Å²) in [5.41, 5.74) is 0.487. The van der Waals surface area contributed by atoms with Crippen LogP contribution in [-0.4, -0.2) is 22.4 Å². The minimum Gasteiger partial charge on any atom is -0.390 e. The van der Waals surface area contributed by atoms with Crippen LogP contribution < -0.4 is 0 Å². The van der Waals surface area contributed by atoms with Crippen molar-refractivity contribution in [2.45, 2.75) is 129 Å². The molecule has 0 amide bonds. The number of aliphatic hydroxyl groups is 1. The highest BCUT2D eigenvalue weighted by atomic mass is 16.6. The van der Waals surface area contributed by atoms with Crippen LogP contribution in [0.15, 0.2) is 0 Å². The van der Waals surface area contributed by atoms with Gasteiger partial charge in [-0.05, 0) is 80.0 Å². The van der Waals surface area contributed by atoms with Gasteiger partial charge in [0.05, 0.1) is 6.10 Å². The fourth-order valence-electron chi connectivity index (χ4n) is 9.80. The van der Waals surface area contributed by atoms with Crippen LogP contribution in [0, 0.1) is 40.4 Å². The molecule has 0 radical (unpaired) electrons. The summed E-state index contributed by atoms with van der Waals surface area (Å²) < 4.78 is 6.97. The zero-order chi connectivity index (χ0) is 20.7. The second-order valence-electron chi connectivity index (χ2n) is 12.9. The van der Waals surface area contributed by atoms with Gasteiger partial charge >= 0.3 is 0 Å². The molecule has 0 aromatic rings. The van der Waals surface area contributed by atoms with Crippen LogP contribution in [0.5, 0.6) is 0 Å². The number of hydrogen-bond acceptors (Lipinski definition) is 2. The van der Waals surface area contributed by atoms with Crippen molar-refractivity contribution < 1.29 is 9.84 Å². The average Bonchev–Trinajstić information content (AvgIpc) is 3.27. The van der Waals surface area contributed by atoms with Gasteiger partial charge in [0.1, 0.15) is 11.2 Å². The van der Waals surface area contributed by atoms with Crippen molar-refractivity contribution in [1.82, 2.24) is 0 Å². The van der Waals surface area contributed by atoms with Gasteiger partial charge in [0, 0.05) is 5.41 Å². The highest BCUT2D eigenvalue weighted by Gasteiger charge is 2.88. The first-order valence-electron chi connectivity index (χ1n) is 13.1. The summed E-state index contributed by atoms with van der Waals surface area (Å²) in [6.45, 7) is 12.4. The minimum absolute atomic E-state index is 0.00268. The smallest absolute Gasteiger partial charge is 0.128 e. The molecule has 2 nitrogen and oxygen atoms in total. The average molecular weight is 403 g/mol. The summed E-state index contributed by atoms with van der Waals surface area (Å²) in [5, 5.41) is 11.5. The van der Waals surface area contributed by atoms with E-state index in [2.05, 4.69) is 34.6 Å². The fourth-order valence-corrected chi connectivity index (χ4v) is 9.80. The molecule has 1 aliphatic heterocycles. The Bertz CT molecular complexity index is 644. The van der Waals surface area contributed by atoms with Crippen LogP contribution >= 0.6 is 0 Å². The van der Waals surface area contributed by atoms with Gasteiger partial charge < -0.3 is 9.84 Å².